The monoisotopic (exact) mass is 371 g/mol. The van der Waals surface area contributed by atoms with Crippen LogP contribution in [0.5, 0.6) is 11.5 Å². The quantitative estimate of drug-likeness (QED) is 0.626. The smallest absolute Gasteiger partial charge is 0.231 e. The van der Waals surface area contributed by atoms with Crippen LogP contribution in [-0.2, 0) is 5.75 Å². The van der Waals surface area contributed by atoms with E-state index in [1.165, 1.54) is 0 Å². The third-order valence-electron chi connectivity index (χ3n) is 2.86. The molecule has 104 valence electrons. The molecule has 2 N–H and O–H groups in total. The van der Waals surface area contributed by atoms with Gasteiger partial charge in [-0.05, 0) is 35.9 Å². The molecule has 0 bridgehead atoms. The molecule has 0 amide bonds. The fraction of sp³-hybridized carbons (Fsp3) is 0.143. The van der Waals surface area contributed by atoms with Crippen LogP contribution in [0.4, 0.5) is 5.69 Å². The lowest BCUT2D eigenvalue weighted by Gasteiger charge is -2.07. The molecular formula is C14H11BrClNO2S. The summed E-state index contributed by atoms with van der Waals surface area (Å²) in [5.74, 6) is 2.09. The summed E-state index contributed by atoms with van der Waals surface area (Å²) in [7, 11) is 0. The zero-order valence-corrected chi connectivity index (χ0v) is 13.5. The number of thioether (sulfide) groups is 1. The molecule has 0 atom stereocenters. The average Bonchev–Trinajstić information content (AvgIpc) is 2.89. The number of benzene rings is 2. The number of nitrogens with two attached hydrogens (primary N) is 1. The second-order valence-corrected chi connectivity index (χ2v) is 6.62. The molecule has 0 aliphatic carbocycles. The number of halogens is 2. The van der Waals surface area contributed by atoms with Crippen molar-refractivity contribution in [1.82, 2.24) is 0 Å². The Morgan fingerprint density at radius 1 is 1.25 bits per heavy atom. The minimum atomic E-state index is 0.226. The molecule has 0 aromatic heterocycles. The molecule has 0 radical (unpaired) electrons. The standard InChI is InChI=1S/C14H11BrClNO2S/c15-9-1-2-11(17)13(5-9)20-6-8-3-10(16)14-12(4-8)18-7-19-14/h1-5H,6-7,17H2. The summed E-state index contributed by atoms with van der Waals surface area (Å²) in [4.78, 5) is 1.04. The van der Waals surface area contributed by atoms with Crippen LogP contribution in [0.15, 0.2) is 39.7 Å². The van der Waals surface area contributed by atoms with E-state index >= 15 is 0 Å². The van der Waals surface area contributed by atoms with E-state index in [1.807, 2.05) is 30.3 Å². The van der Waals surface area contributed by atoms with Crippen molar-refractivity contribution >= 4 is 45.0 Å². The minimum Gasteiger partial charge on any atom is -0.454 e. The van der Waals surface area contributed by atoms with E-state index in [9.17, 15) is 0 Å². The molecule has 1 aliphatic heterocycles. The Bertz CT molecular complexity index is 666. The summed E-state index contributed by atoms with van der Waals surface area (Å²) in [6.45, 7) is 0.226. The highest BCUT2D eigenvalue weighted by atomic mass is 79.9. The molecule has 0 saturated heterocycles. The normalized spacial score (nSPS) is 12.7. The Morgan fingerprint density at radius 2 is 2.10 bits per heavy atom. The second kappa shape index (κ2) is 5.76. The van der Waals surface area contributed by atoms with Gasteiger partial charge in [-0.15, -0.1) is 11.8 Å². The summed E-state index contributed by atoms with van der Waals surface area (Å²) >= 11 is 11.3. The van der Waals surface area contributed by atoms with Crippen LogP contribution in [0.1, 0.15) is 5.56 Å². The predicted molar refractivity (Wildman–Crippen MR) is 85.7 cm³/mol. The van der Waals surface area contributed by atoms with Crippen molar-refractivity contribution in [2.24, 2.45) is 0 Å². The Morgan fingerprint density at radius 3 is 2.95 bits per heavy atom. The van der Waals surface area contributed by atoms with Gasteiger partial charge in [0.15, 0.2) is 11.5 Å². The van der Waals surface area contributed by atoms with Crippen molar-refractivity contribution in [3.8, 4) is 11.5 Å². The van der Waals surface area contributed by atoms with Gasteiger partial charge >= 0.3 is 0 Å². The maximum absolute atomic E-state index is 6.17. The molecule has 20 heavy (non-hydrogen) atoms. The van der Waals surface area contributed by atoms with E-state index in [4.69, 9.17) is 26.8 Å². The minimum absolute atomic E-state index is 0.226. The van der Waals surface area contributed by atoms with E-state index in [0.717, 1.165) is 26.4 Å². The lowest BCUT2D eigenvalue weighted by atomic mass is 10.2. The van der Waals surface area contributed by atoms with Gasteiger partial charge in [-0.25, -0.2) is 0 Å². The summed E-state index contributed by atoms with van der Waals surface area (Å²) in [6, 6.07) is 9.68. The molecule has 0 fully saturated rings. The highest BCUT2D eigenvalue weighted by Gasteiger charge is 2.18. The highest BCUT2D eigenvalue weighted by molar-refractivity contribution is 9.10. The van der Waals surface area contributed by atoms with Gasteiger partial charge < -0.3 is 15.2 Å². The van der Waals surface area contributed by atoms with Gasteiger partial charge in [0.25, 0.3) is 0 Å². The van der Waals surface area contributed by atoms with Crippen molar-refractivity contribution in [2.75, 3.05) is 12.5 Å². The van der Waals surface area contributed by atoms with Crippen molar-refractivity contribution in [1.29, 1.82) is 0 Å². The molecule has 3 nitrogen and oxygen atoms in total. The third kappa shape index (κ3) is 2.85. The van der Waals surface area contributed by atoms with Gasteiger partial charge in [-0.1, -0.05) is 27.5 Å². The molecule has 0 unspecified atom stereocenters. The Balaban J connectivity index is 1.79. The van der Waals surface area contributed by atoms with Crippen molar-refractivity contribution < 1.29 is 9.47 Å². The number of anilines is 1. The largest absolute Gasteiger partial charge is 0.454 e. The first-order valence-corrected chi connectivity index (χ1v) is 8.05. The molecule has 0 saturated carbocycles. The first-order chi connectivity index (χ1) is 9.63. The van der Waals surface area contributed by atoms with Crippen LogP contribution in [-0.4, -0.2) is 6.79 Å². The maximum Gasteiger partial charge on any atom is 0.231 e. The third-order valence-corrected chi connectivity index (χ3v) is 4.77. The summed E-state index contributed by atoms with van der Waals surface area (Å²) in [5.41, 5.74) is 7.80. The van der Waals surface area contributed by atoms with Gasteiger partial charge in [0.2, 0.25) is 6.79 Å². The van der Waals surface area contributed by atoms with Gasteiger partial charge in [-0.3, -0.25) is 0 Å². The van der Waals surface area contributed by atoms with Gasteiger partial charge in [0, 0.05) is 20.8 Å². The predicted octanol–water partition coefficient (Wildman–Crippen LogP) is 4.71. The first kappa shape index (κ1) is 13.9. The van der Waals surface area contributed by atoms with Gasteiger partial charge in [0.1, 0.15) is 0 Å². The van der Waals surface area contributed by atoms with E-state index in [1.54, 1.807) is 11.8 Å². The summed E-state index contributed by atoms with van der Waals surface area (Å²) in [6.07, 6.45) is 0. The topological polar surface area (TPSA) is 44.5 Å². The van der Waals surface area contributed by atoms with Gasteiger partial charge in [0.05, 0.1) is 5.02 Å². The number of hydrogen-bond donors (Lipinski definition) is 1. The van der Waals surface area contributed by atoms with Crippen molar-refractivity contribution in [3.05, 3.63) is 45.4 Å². The fourth-order valence-electron chi connectivity index (χ4n) is 1.90. The Labute approximate surface area is 134 Å². The average molecular weight is 373 g/mol. The lowest BCUT2D eigenvalue weighted by molar-refractivity contribution is 0.174. The molecular weight excluding hydrogens is 362 g/mol. The van der Waals surface area contributed by atoms with E-state index in [2.05, 4.69) is 15.9 Å². The number of nitrogen functional groups attached to an aromatic ring is 1. The molecule has 0 spiro atoms. The zero-order chi connectivity index (χ0) is 14.1. The first-order valence-electron chi connectivity index (χ1n) is 5.89. The molecule has 2 aromatic carbocycles. The van der Waals surface area contributed by atoms with Crippen LogP contribution in [0, 0.1) is 0 Å². The van der Waals surface area contributed by atoms with E-state index in [-0.39, 0.29) is 6.79 Å². The second-order valence-electron chi connectivity index (χ2n) is 4.28. The fourth-order valence-corrected chi connectivity index (χ4v) is 3.63. The van der Waals surface area contributed by atoms with E-state index < -0.39 is 0 Å². The zero-order valence-electron chi connectivity index (χ0n) is 10.4. The van der Waals surface area contributed by atoms with Crippen LogP contribution in [0.25, 0.3) is 0 Å². The Kier molecular flexibility index (Phi) is 4.01. The molecule has 3 rings (SSSR count). The van der Waals surface area contributed by atoms with Crippen LogP contribution in [0.2, 0.25) is 5.02 Å². The number of rotatable bonds is 3. The Hall–Kier alpha value is -1.04. The highest BCUT2D eigenvalue weighted by Crippen LogP contribution is 2.41. The maximum atomic E-state index is 6.17. The van der Waals surface area contributed by atoms with Gasteiger partial charge in [-0.2, -0.15) is 0 Å². The molecule has 1 heterocycles. The summed E-state index contributed by atoms with van der Waals surface area (Å²) < 4.78 is 11.7. The van der Waals surface area contributed by atoms with Crippen molar-refractivity contribution in [3.63, 3.8) is 0 Å². The SMILES string of the molecule is Nc1ccc(Br)cc1SCc1cc(Cl)c2c(c1)OCO2. The lowest BCUT2D eigenvalue weighted by Crippen LogP contribution is -1.93. The van der Waals surface area contributed by atoms with E-state index in [0.29, 0.717) is 16.5 Å². The number of ether oxygens (including phenoxy) is 2. The molecule has 6 heteroatoms. The summed E-state index contributed by atoms with van der Waals surface area (Å²) in [5, 5.41) is 0.581. The van der Waals surface area contributed by atoms with Crippen LogP contribution >= 0.6 is 39.3 Å². The number of hydrogen-bond acceptors (Lipinski definition) is 4. The van der Waals surface area contributed by atoms with Crippen molar-refractivity contribution in [2.45, 2.75) is 10.6 Å². The molecule has 2 aromatic rings. The van der Waals surface area contributed by atoms with Crippen LogP contribution < -0.4 is 15.2 Å². The number of fused-ring (bicyclic) bond motifs is 1. The van der Waals surface area contributed by atoms with Crippen LogP contribution in [0.3, 0.4) is 0 Å². The molecule has 1 aliphatic rings.